The van der Waals surface area contributed by atoms with E-state index in [0.29, 0.717) is 5.95 Å². The number of nitrogens with one attached hydrogen (secondary N) is 2. The third-order valence-electron chi connectivity index (χ3n) is 3.09. The minimum atomic E-state index is -0.277. The fraction of sp³-hybridized carbons (Fsp3) is 0.357. The molecule has 0 saturated heterocycles. The molecule has 2 aromatic rings. The van der Waals surface area contributed by atoms with E-state index in [4.69, 9.17) is 0 Å². The molecule has 0 atom stereocenters. The van der Waals surface area contributed by atoms with E-state index >= 15 is 0 Å². The Bertz CT molecular complexity index is 589. The quantitative estimate of drug-likeness (QED) is 0.838. The number of rotatable bonds is 6. The highest BCUT2D eigenvalue weighted by molar-refractivity contribution is 5.52. The first-order chi connectivity index (χ1) is 9.71. The van der Waals surface area contributed by atoms with Gasteiger partial charge in [-0.25, -0.2) is 0 Å². The van der Waals surface area contributed by atoms with E-state index < -0.39 is 0 Å². The van der Waals surface area contributed by atoms with Crippen LogP contribution in [-0.2, 0) is 6.54 Å². The van der Waals surface area contributed by atoms with Gasteiger partial charge in [-0.15, -0.1) is 10.2 Å². The van der Waals surface area contributed by atoms with Crippen LogP contribution in [0.2, 0.25) is 0 Å². The molecule has 1 heterocycles. The van der Waals surface area contributed by atoms with E-state index in [-0.39, 0.29) is 5.56 Å². The second-order valence-corrected chi connectivity index (χ2v) is 4.47. The molecule has 0 radical (unpaired) electrons. The Hall–Kier alpha value is -2.21. The maximum absolute atomic E-state index is 11.1. The van der Waals surface area contributed by atoms with Crippen molar-refractivity contribution in [3.63, 3.8) is 0 Å². The fourth-order valence-corrected chi connectivity index (χ4v) is 1.90. The van der Waals surface area contributed by atoms with Crippen LogP contribution in [0.5, 0.6) is 0 Å². The Balaban J connectivity index is 2.03. The predicted molar refractivity (Wildman–Crippen MR) is 79.0 cm³/mol. The van der Waals surface area contributed by atoms with Gasteiger partial charge in [0, 0.05) is 12.2 Å². The lowest BCUT2D eigenvalue weighted by Gasteiger charge is -2.18. The monoisotopic (exact) mass is 273 g/mol. The summed E-state index contributed by atoms with van der Waals surface area (Å²) < 4.78 is 0. The summed E-state index contributed by atoms with van der Waals surface area (Å²) in [4.78, 5) is 16.0. The molecule has 0 bridgehead atoms. The van der Waals surface area contributed by atoms with E-state index in [1.54, 1.807) is 0 Å². The van der Waals surface area contributed by atoms with E-state index in [2.05, 4.69) is 51.4 Å². The molecular formula is C14H19N5O. The van der Waals surface area contributed by atoms with Gasteiger partial charge in [0.1, 0.15) is 6.20 Å². The van der Waals surface area contributed by atoms with E-state index in [0.717, 1.165) is 31.5 Å². The van der Waals surface area contributed by atoms with Crippen molar-refractivity contribution < 1.29 is 0 Å². The van der Waals surface area contributed by atoms with Crippen molar-refractivity contribution in [1.82, 2.24) is 20.1 Å². The molecule has 0 fully saturated rings. The Morgan fingerprint density at radius 3 is 2.50 bits per heavy atom. The zero-order chi connectivity index (χ0) is 14.4. The number of hydrogen-bond acceptors (Lipinski definition) is 5. The SMILES string of the molecule is CCN(CC)Cc1ccc(Nc2nncc(=O)[nH]2)cc1. The molecule has 6 heteroatoms. The molecule has 6 nitrogen and oxygen atoms in total. The van der Waals surface area contributed by atoms with Crippen molar-refractivity contribution in [2.75, 3.05) is 18.4 Å². The average Bonchev–Trinajstić information content (AvgIpc) is 2.46. The van der Waals surface area contributed by atoms with Crippen molar-refractivity contribution >= 4 is 11.6 Å². The maximum Gasteiger partial charge on any atom is 0.271 e. The lowest BCUT2D eigenvalue weighted by Crippen LogP contribution is -2.22. The Morgan fingerprint density at radius 1 is 1.20 bits per heavy atom. The first-order valence-electron chi connectivity index (χ1n) is 6.71. The molecule has 0 unspecified atom stereocenters. The zero-order valence-electron chi connectivity index (χ0n) is 11.8. The van der Waals surface area contributed by atoms with Crippen LogP contribution in [0, 0.1) is 0 Å². The molecule has 20 heavy (non-hydrogen) atoms. The third-order valence-corrected chi connectivity index (χ3v) is 3.09. The highest BCUT2D eigenvalue weighted by atomic mass is 16.1. The Labute approximate surface area is 117 Å². The minimum absolute atomic E-state index is 0.277. The summed E-state index contributed by atoms with van der Waals surface area (Å²) in [6.07, 6.45) is 1.14. The number of H-pyrrole nitrogens is 1. The van der Waals surface area contributed by atoms with Crippen LogP contribution in [0.1, 0.15) is 19.4 Å². The fourth-order valence-electron chi connectivity index (χ4n) is 1.90. The van der Waals surface area contributed by atoms with Crippen molar-refractivity contribution in [2.45, 2.75) is 20.4 Å². The van der Waals surface area contributed by atoms with Crippen LogP contribution < -0.4 is 10.9 Å². The lowest BCUT2D eigenvalue weighted by atomic mass is 10.2. The minimum Gasteiger partial charge on any atom is -0.324 e. The molecule has 0 spiro atoms. The normalized spacial score (nSPS) is 10.8. The van der Waals surface area contributed by atoms with Crippen LogP contribution in [-0.4, -0.2) is 33.2 Å². The lowest BCUT2D eigenvalue weighted by molar-refractivity contribution is 0.296. The van der Waals surface area contributed by atoms with Crippen LogP contribution >= 0.6 is 0 Å². The van der Waals surface area contributed by atoms with Crippen molar-refractivity contribution in [3.05, 3.63) is 46.4 Å². The predicted octanol–water partition coefficient (Wildman–Crippen LogP) is 1.75. The standard InChI is InChI=1S/C14H19N5O/c1-3-19(4-2)10-11-5-7-12(8-6-11)16-14-17-13(20)9-15-18-14/h5-9H,3-4,10H2,1-2H3,(H2,16,17,18,20). The van der Waals surface area contributed by atoms with Crippen molar-refractivity contribution in [1.29, 1.82) is 0 Å². The smallest absolute Gasteiger partial charge is 0.271 e. The maximum atomic E-state index is 11.1. The van der Waals surface area contributed by atoms with Gasteiger partial charge in [-0.05, 0) is 30.8 Å². The van der Waals surface area contributed by atoms with Gasteiger partial charge in [0.2, 0.25) is 5.95 Å². The summed E-state index contributed by atoms with van der Waals surface area (Å²) in [6.45, 7) is 7.33. The number of nitrogens with zero attached hydrogens (tertiary/aromatic N) is 3. The van der Waals surface area contributed by atoms with Crippen LogP contribution in [0.4, 0.5) is 11.6 Å². The van der Waals surface area contributed by atoms with Gasteiger partial charge in [0.05, 0.1) is 0 Å². The number of aromatic nitrogens is 3. The largest absolute Gasteiger partial charge is 0.324 e. The van der Waals surface area contributed by atoms with Gasteiger partial charge < -0.3 is 5.32 Å². The highest BCUT2D eigenvalue weighted by Gasteiger charge is 2.02. The molecule has 0 amide bonds. The molecule has 0 saturated carbocycles. The average molecular weight is 273 g/mol. The molecule has 1 aromatic carbocycles. The third kappa shape index (κ3) is 3.89. The summed E-state index contributed by atoms with van der Waals surface area (Å²) in [5.74, 6) is 0.342. The van der Waals surface area contributed by atoms with Crippen LogP contribution in [0.15, 0.2) is 35.3 Å². The first-order valence-corrected chi connectivity index (χ1v) is 6.71. The number of aromatic amines is 1. The molecule has 0 aliphatic carbocycles. The van der Waals surface area contributed by atoms with E-state index in [1.165, 1.54) is 5.56 Å². The molecule has 106 valence electrons. The Kier molecular flexibility index (Phi) is 4.84. The zero-order valence-corrected chi connectivity index (χ0v) is 11.8. The van der Waals surface area contributed by atoms with E-state index in [9.17, 15) is 4.79 Å². The number of benzene rings is 1. The number of anilines is 2. The summed E-state index contributed by atoms with van der Waals surface area (Å²) in [6, 6.07) is 8.06. The summed E-state index contributed by atoms with van der Waals surface area (Å²) in [7, 11) is 0. The van der Waals surface area contributed by atoms with Gasteiger partial charge in [0.25, 0.3) is 5.56 Å². The topological polar surface area (TPSA) is 73.9 Å². The molecular weight excluding hydrogens is 254 g/mol. The first kappa shape index (κ1) is 14.2. The van der Waals surface area contributed by atoms with Gasteiger partial charge in [0.15, 0.2) is 0 Å². The second-order valence-electron chi connectivity index (χ2n) is 4.47. The summed E-state index contributed by atoms with van der Waals surface area (Å²) in [5.41, 5.74) is 1.84. The van der Waals surface area contributed by atoms with Gasteiger partial charge >= 0.3 is 0 Å². The van der Waals surface area contributed by atoms with Crippen LogP contribution in [0.3, 0.4) is 0 Å². The van der Waals surface area contributed by atoms with Crippen LogP contribution in [0.25, 0.3) is 0 Å². The molecule has 2 rings (SSSR count). The van der Waals surface area contributed by atoms with Gasteiger partial charge in [-0.1, -0.05) is 26.0 Å². The molecule has 1 aromatic heterocycles. The van der Waals surface area contributed by atoms with Gasteiger partial charge in [-0.3, -0.25) is 14.7 Å². The summed E-state index contributed by atoms with van der Waals surface area (Å²) in [5, 5.41) is 10.4. The number of hydrogen-bond donors (Lipinski definition) is 2. The molecule has 0 aliphatic rings. The van der Waals surface area contributed by atoms with Crippen molar-refractivity contribution in [2.24, 2.45) is 0 Å². The summed E-state index contributed by atoms with van der Waals surface area (Å²) >= 11 is 0. The van der Waals surface area contributed by atoms with Crippen molar-refractivity contribution in [3.8, 4) is 0 Å². The molecule has 0 aliphatic heterocycles. The second kappa shape index (κ2) is 6.81. The van der Waals surface area contributed by atoms with Gasteiger partial charge in [-0.2, -0.15) is 0 Å². The molecule has 2 N–H and O–H groups in total. The highest BCUT2D eigenvalue weighted by Crippen LogP contribution is 2.14. The Morgan fingerprint density at radius 2 is 1.90 bits per heavy atom. The van der Waals surface area contributed by atoms with E-state index in [1.807, 2.05) is 12.1 Å².